The lowest BCUT2D eigenvalue weighted by atomic mass is 10.1. The first-order chi connectivity index (χ1) is 12.9. The van der Waals surface area contributed by atoms with E-state index >= 15 is 0 Å². The van der Waals surface area contributed by atoms with E-state index in [1.165, 1.54) is 14.2 Å². The van der Waals surface area contributed by atoms with Crippen LogP contribution in [0.1, 0.15) is 50.1 Å². The van der Waals surface area contributed by atoms with Gasteiger partial charge in [-0.15, -0.1) is 0 Å². The lowest BCUT2D eigenvalue weighted by Crippen LogP contribution is -2.34. The van der Waals surface area contributed by atoms with Crippen LogP contribution in [0.2, 0.25) is 5.02 Å². The fourth-order valence-corrected chi connectivity index (χ4v) is 3.44. The number of halogens is 1. The SMILES string of the molecule is COc1cc(OC)c(NC(=O)N2CCC[C@H]2c2cc(C(C)C)on2)cc1Cl. The Morgan fingerprint density at radius 2 is 2.04 bits per heavy atom. The third kappa shape index (κ3) is 3.98. The first-order valence-electron chi connectivity index (χ1n) is 8.90. The zero-order valence-electron chi connectivity index (χ0n) is 15.9. The van der Waals surface area contributed by atoms with E-state index in [4.69, 9.17) is 25.6 Å². The van der Waals surface area contributed by atoms with Crippen LogP contribution in [0.5, 0.6) is 11.5 Å². The van der Waals surface area contributed by atoms with Gasteiger partial charge in [-0.3, -0.25) is 0 Å². The second-order valence-electron chi connectivity index (χ2n) is 6.78. The maximum Gasteiger partial charge on any atom is 0.322 e. The van der Waals surface area contributed by atoms with Gasteiger partial charge in [-0.25, -0.2) is 4.79 Å². The predicted molar refractivity (Wildman–Crippen MR) is 103 cm³/mol. The Morgan fingerprint density at radius 1 is 1.30 bits per heavy atom. The van der Waals surface area contributed by atoms with Gasteiger partial charge < -0.3 is 24.2 Å². The highest BCUT2D eigenvalue weighted by Crippen LogP contribution is 2.37. The summed E-state index contributed by atoms with van der Waals surface area (Å²) in [5.74, 6) is 2.03. The molecule has 1 aromatic heterocycles. The summed E-state index contributed by atoms with van der Waals surface area (Å²) in [5, 5.41) is 7.45. The van der Waals surface area contributed by atoms with E-state index in [1.54, 1.807) is 17.0 Å². The molecule has 1 atom stereocenters. The Morgan fingerprint density at radius 3 is 2.67 bits per heavy atom. The number of nitrogens with zero attached hydrogens (tertiary/aromatic N) is 2. The van der Waals surface area contributed by atoms with Gasteiger partial charge in [0.1, 0.15) is 23.0 Å². The second kappa shape index (κ2) is 8.08. The maximum absolute atomic E-state index is 12.9. The molecule has 1 aliphatic rings. The van der Waals surface area contributed by atoms with Gasteiger partial charge in [-0.1, -0.05) is 30.6 Å². The van der Waals surface area contributed by atoms with Gasteiger partial charge in [0.05, 0.1) is 31.0 Å². The maximum atomic E-state index is 12.9. The number of likely N-dealkylation sites (tertiary alicyclic amines) is 1. The van der Waals surface area contributed by atoms with Gasteiger partial charge in [-0.05, 0) is 18.9 Å². The average molecular weight is 394 g/mol. The number of ether oxygens (including phenoxy) is 2. The summed E-state index contributed by atoms with van der Waals surface area (Å²) < 4.78 is 15.9. The molecule has 146 valence electrons. The summed E-state index contributed by atoms with van der Waals surface area (Å²) in [6.45, 7) is 4.73. The number of carbonyl (C=O) groups excluding carboxylic acids is 1. The molecule has 0 aliphatic carbocycles. The molecule has 7 nitrogen and oxygen atoms in total. The standard InChI is InChI=1S/C19H24ClN3O4/c1-11(2)16-9-13(22-27-16)15-6-5-7-23(15)19(24)21-14-8-12(20)17(25-3)10-18(14)26-4/h8-11,15H,5-7H2,1-4H3,(H,21,24)/t15-/m0/s1. The topological polar surface area (TPSA) is 76.8 Å². The molecule has 1 fully saturated rings. The van der Waals surface area contributed by atoms with Crippen molar-refractivity contribution in [2.24, 2.45) is 0 Å². The number of anilines is 1. The Hall–Kier alpha value is -2.41. The molecule has 8 heteroatoms. The number of carbonyl (C=O) groups is 1. The molecule has 3 rings (SSSR count). The molecule has 2 heterocycles. The quantitative estimate of drug-likeness (QED) is 0.786. The summed E-state index contributed by atoms with van der Waals surface area (Å²) in [6.07, 6.45) is 1.75. The van der Waals surface area contributed by atoms with Gasteiger partial charge in [0.15, 0.2) is 0 Å². The monoisotopic (exact) mass is 393 g/mol. The van der Waals surface area contributed by atoms with Crippen LogP contribution in [0.4, 0.5) is 10.5 Å². The Labute approximate surface area is 163 Å². The zero-order valence-corrected chi connectivity index (χ0v) is 16.7. The highest BCUT2D eigenvalue weighted by molar-refractivity contribution is 6.32. The van der Waals surface area contributed by atoms with E-state index in [9.17, 15) is 4.79 Å². The molecular formula is C19H24ClN3O4. The molecule has 1 aromatic carbocycles. The highest BCUT2D eigenvalue weighted by atomic mass is 35.5. The Kier molecular flexibility index (Phi) is 5.79. The summed E-state index contributed by atoms with van der Waals surface area (Å²) in [5.41, 5.74) is 1.27. The fourth-order valence-electron chi connectivity index (χ4n) is 3.20. The van der Waals surface area contributed by atoms with E-state index in [2.05, 4.69) is 10.5 Å². The largest absolute Gasteiger partial charge is 0.495 e. The summed E-state index contributed by atoms with van der Waals surface area (Å²) in [6, 6.07) is 4.86. The molecule has 0 bridgehead atoms. The van der Waals surface area contributed by atoms with E-state index < -0.39 is 0 Å². The minimum atomic E-state index is -0.230. The number of urea groups is 1. The molecule has 27 heavy (non-hydrogen) atoms. The van der Waals surface area contributed by atoms with Crippen LogP contribution in [0, 0.1) is 0 Å². The third-order valence-electron chi connectivity index (χ3n) is 4.69. The number of rotatable bonds is 5. The molecule has 0 saturated carbocycles. The van der Waals surface area contributed by atoms with Crippen molar-refractivity contribution in [3.05, 3.63) is 34.7 Å². The highest BCUT2D eigenvalue weighted by Gasteiger charge is 2.33. The van der Waals surface area contributed by atoms with Crippen LogP contribution in [-0.4, -0.2) is 36.9 Å². The second-order valence-corrected chi connectivity index (χ2v) is 7.18. The van der Waals surface area contributed by atoms with Crippen LogP contribution in [0.15, 0.2) is 22.7 Å². The fraction of sp³-hybridized carbons (Fsp3) is 0.474. The minimum Gasteiger partial charge on any atom is -0.495 e. The number of hydrogen-bond acceptors (Lipinski definition) is 5. The smallest absolute Gasteiger partial charge is 0.322 e. The number of hydrogen-bond donors (Lipinski definition) is 1. The summed E-state index contributed by atoms with van der Waals surface area (Å²) >= 11 is 6.19. The number of aromatic nitrogens is 1. The van der Waals surface area contributed by atoms with Crippen molar-refractivity contribution in [3.8, 4) is 11.5 Å². The van der Waals surface area contributed by atoms with Gasteiger partial charge >= 0.3 is 6.03 Å². The van der Waals surface area contributed by atoms with Crippen LogP contribution >= 0.6 is 11.6 Å². The Balaban J connectivity index is 1.79. The molecule has 1 saturated heterocycles. The minimum absolute atomic E-state index is 0.110. The molecule has 0 radical (unpaired) electrons. The third-order valence-corrected chi connectivity index (χ3v) is 4.98. The average Bonchev–Trinajstić information content (AvgIpc) is 3.31. The summed E-state index contributed by atoms with van der Waals surface area (Å²) in [7, 11) is 3.05. The first-order valence-corrected chi connectivity index (χ1v) is 9.28. The van der Waals surface area contributed by atoms with Gasteiger partial charge in [0.25, 0.3) is 0 Å². The van der Waals surface area contributed by atoms with Crippen molar-refractivity contribution in [1.29, 1.82) is 0 Å². The van der Waals surface area contributed by atoms with Crippen molar-refractivity contribution in [1.82, 2.24) is 10.1 Å². The lowest BCUT2D eigenvalue weighted by Gasteiger charge is -2.24. The van der Waals surface area contributed by atoms with Crippen LogP contribution < -0.4 is 14.8 Å². The molecule has 2 amide bonds. The first kappa shape index (κ1) is 19.4. The van der Waals surface area contributed by atoms with E-state index in [0.717, 1.165) is 24.3 Å². The molecule has 2 aromatic rings. The Bertz CT molecular complexity index is 821. The van der Waals surface area contributed by atoms with Gasteiger partial charge in [0, 0.05) is 24.6 Å². The molecule has 1 N–H and O–H groups in total. The zero-order chi connectivity index (χ0) is 19.6. The van der Waals surface area contributed by atoms with E-state index in [1.807, 2.05) is 19.9 Å². The number of nitrogens with one attached hydrogen (secondary N) is 1. The number of methoxy groups -OCH3 is 2. The molecule has 1 aliphatic heterocycles. The molecule has 0 unspecified atom stereocenters. The van der Waals surface area contributed by atoms with Crippen LogP contribution in [-0.2, 0) is 0 Å². The molecule has 0 spiro atoms. The van der Waals surface area contributed by atoms with E-state index in [-0.39, 0.29) is 18.0 Å². The van der Waals surface area contributed by atoms with Crippen molar-refractivity contribution >= 4 is 23.3 Å². The van der Waals surface area contributed by atoms with Crippen LogP contribution in [0.3, 0.4) is 0 Å². The van der Waals surface area contributed by atoms with Crippen molar-refractivity contribution in [3.63, 3.8) is 0 Å². The van der Waals surface area contributed by atoms with Crippen molar-refractivity contribution in [2.45, 2.75) is 38.6 Å². The normalized spacial score (nSPS) is 16.7. The summed E-state index contributed by atoms with van der Waals surface area (Å²) in [4.78, 5) is 14.7. The molecular weight excluding hydrogens is 370 g/mol. The van der Waals surface area contributed by atoms with Crippen LogP contribution in [0.25, 0.3) is 0 Å². The lowest BCUT2D eigenvalue weighted by molar-refractivity contribution is 0.204. The van der Waals surface area contributed by atoms with Gasteiger partial charge in [0.2, 0.25) is 0 Å². The van der Waals surface area contributed by atoms with E-state index in [0.29, 0.717) is 28.8 Å². The number of amides is 2. The van der Waals surface area contributed by atoms with Crippen molar-refractivity contribution in [2.75, 3.05) is 26.1 Å². The van der Waals surface area contributed by atoms with Gasteiger partial charge in [-0.2, -0.15) is 0 Å². The van der Waals surface area contributed by atoms with Crippen molar-refractivity contribution < 1.29 is 18.8 Å². The predicted octanol–water partition coefficient (Wildman–Crippen LogP) is 4.84. The number of benzene rings is 1.